The number of sulfonamides is 1. The summed E-state index contributed by atoms with van der Waals surface area (Å²) >= 11 is 3.01. The van der Waals surface area contributed by atoms with Gasteiger partial charge >= 0.3 is 0 Å². The zero-order valence-corrected chi connectivity index (χ0v) is 20.9. The van der Waals surface area contributed by atoms with Crippen LogP contribution in [0.25, 0.3) is 0 Å². The van der Waals surface area contributed by atoms with E-state index in [9.17, 15) is 13.2 Å². The number of amides is 1. The van der Waals surface area contributed by atoms with Crippen molar-refractivity contribution in [1.82, 2.24) is 14.1 Å². The Hall–Kier alpha value is -0.650. The van der Waals surface area contributed by atoms with Crippen LogP contribution in [-0.2, 0) is 14.8 Å². The molecule has 176 valence electrons. The molecule has 0 saturated carbocycles. The standard InChI is InChI=1S/C21H35N3O4S3/c1-2-3-4-5-7-23(9-8-22-10-14-28-15-11-22)21(25)20-19(6-16-30-20)31(26,27)24-12-17-29-18-13-24/h6,16H,2-5,7-15,17-18H2,1H3. The van der Waals surface area contributed by atoms with Crippen LogP contribution in [0, 0.1) is 0 Å². The number of rotatable bonds is 11. The maximum absolute atomic E-state index is 13.5. The zero-order valence-electron chi connectivity index (χ0n) is 18.5. The minimum absolute atomic E-state index is 0.148. The average molecular weight is 490 g/mol. The van der Waals surface area contributed by atoms with E-state index in [0.717, 1.165) is 70.0 Å². The molecule has 0 bridgehead atoms. The Labute approximate surface area is 195 Å². The van der Waals surface area contributed by atoms with E-state index in [1.807, 2.05) is 4.90 Å². The van der Waals surface area contributed by atoms with Crippen molar-refractivity contribution < 1.29 is 17.9 Å². The largest absolute Gasteiger partial charge is 0.379 e. The number of ether oxygens (including phenoxy) is 1. The zero-order chi connectivity index (χ0) is 22.1. The topological polar surface area (TPSA) is 70.2 Å². The van der Waals surface area contributed by atoms with Crippen LogP contribution >= 0.6 is 23.1 Å². The second-order valence-electron chi connectivity index (χ2n) is 7.94. The number of carbonyl (C=O) groups excluding carboxylic acids is 1. The maximum atomic E-state index is 13.5. The summed E-state index contributed by atoms with van der Waals surface area (Å²) < 4.78 is 33.4. The van der Waals surface area contributed by atoms with Crippen molar-refractivity contribution in [2.75, 3.05) is 70.5 Å². The molecule has 0 aromatic carbocycles. The first-order valence-corrected chi connectivity index (χ1v) is 14.8. The van der Waals surface area contributed by atoms with Crippen LogP contribution < -0.4 is 0 Å². The minimum atomic E-state index is -3.64. The van der Waals surface area contributed by atoms with Crippen molar-refractivity contribution in [2.45, 2.75) is 37.5 Å². The molecular formula is C21H35N3O4S3. The maximum Gasteiger partial charge on any atom is 0.265 e. The van der Waals surface area contributed by atoms with Gasteiger partial charge in [-0.1, -0.05) is 26.2 Å². The first-order valence-electron chi connectivity index (χ1n) is 11.3. The van der Waals surface area contributed by atoms with Gasteiger partial charge in [0.15, 0.2) is 0 Å². The molecule has 3 rings (SSSR count). The third kappa shape index (κ3) is 6.91. The Morgan fingerprint density at radius 2 is 1.84 bits per heavy atom. The van der Waals surface area contributed by atoms with E-state index in [1.54, 1.807) is 23.2 Å². The number of thiophene rings is 1. The van der Waals surface area contributed by atoms with E-state index >= 15 is 0 Å². The summed E-state index contributed by atoms with van der Waals surface area (Å²) in [6, 6.07) is 1.60. The van der Waals surface area contributed by atoms with Gasteiger partial charge in [0.25, 0.3) is 5.91 Å². The van der Waals surface area contributed by atoms with Gasteiger partial charge in [-0.05, 0) is 17.9 Å². The van der Waals surface area contributed by atoms with Gasteiger partial charge in [-0.2, -0.15) is 16.1 Å². The number of hydrogen-bond acceptors (Lipinski definition) is 7. The van der Waals surface area contributed by atoms with Crippen LogP contribution in [-0.4, -0.2) is 99.0 Å². The molecule has 2 saturated heterocycles. The third-order valence-corrected chi connectivity index (χ3v) is 9.68. The van der Waals surface area contributed by atoms with Gasteiger partial charge in [-0.25, -0.2) is 8.42 Å². The highest BCUT2D eigenvalue weighted by atomic mass is 32.2. The molecule has 31 heavy (non-hydrogen) atoms. The number of unbranched alkanes of at least 4 members (excludes halogenated alkanes) is 3. The van der Waals surface area contributed by atoms with Crippen molar-refractivity contribution in [3.63, 3.8) is 0 Å². The summed E-state index contributed by atoms with van der Waals surface area (Å²) in [7, 11) is -3.64. The SMILES string of the molecule is CCCCCCN(CCN1CCOCC1)C(=O)c1sccc1S(=O)(=O)N1CCSCC1. The molecule has 0 N–H and O–H groups in total. The van der Waals surface area contributed by atoms with E-state index in [0.29, 0.717) is 31.1 Å². The second-order valence-corrected chi connectivity index (χ2v) is 12.0. The molecule has 0 atom stereocenters. The molecule has 1 aromatic heterocycles. The fourth-order valence-corrected chi connectivity index (χ4v) is 7.80. The molecule has 10 heteroatoms. The van der Waals surface area contributed by atoms with Crippen LogP contribution in [0.15, 0.2) is 16.3 Å². The van der Waals surface area contributed by atoms with Gasteiger partial charge in [-0.15, -0.1) is 11.3 Å². The Morgan fingerprint density at radius 1 is 1.10 bits per heavy atom. The van der Waals surface area contributed by atoms with Crippen molar-refractivity contribution in [3.05, 3.63) is 16.3 Å². The van der Waals surface area contributed by atoms with Crippen LogP contribution in [0.5, 0.6) is 0 Å². The van der Waals surface area contributed by atoms with Crippen LogP contribution in [0.3, 0.4) is 0 Å². The fraction of sp³-hybridized carbons (Fsp3) is 0.762. The molecule has 0 radical (unpaired) electrons. The second kappa shape index (κ2) is 12.6. The molecule has 1 aromatic rings. The van der Waals surface area contributed by atoms with Gasteiger partial charge in [-0.3, -0.25) is 9.69 Å². The van der Waals surface area contributed by atoms with Crippen molar-refractivity contribution in [1.29, 1.82) is 0 Å². The average Bonchev–Trinajstić information content (AvgIpc) is 3.30. The normalized spacial score (nSPS) is 18.9. The van der Waals surface area contributed by atoms with E-state index in [-0.39, 0.29) is 10.8 Å². The van der Waals surface area contributed by atoms with E-state index < -0.39 is 10.0 Å². The molecule has 0 spiro atoms. The molecule has 0 unspecified atom stereocenters. The predicted octanol–water partition coefficient (Wildman–Crippen LogP) is 2.84. The molecular weight excluding hydrogens is 454 g/mol. The van der Waals surface area contributed by atoms with Crippen molar-refractivity contribution in [3.8, 4) is 0 Å². The molecule has 2 aliphatic rings. The molecule has 1 amide bonds. The summed E-state index contributed by atoms with van der Waals surface area (Å²) in [5.41, 5.74) is 0. The van der Waals surface area contributed by atoms with Crippen molar-refractivity contribution >= 4 is 39.0 Å². The summed E-state index contributed by atoms with van der Waals surface area (Å²) in [6.45, 7) is 8.47. The Kier molecular flexibility index (Phi) is 10.1. The number of hydrogen-bond donors (Lipinski definition) is 0. The molecule has 2 fully saturated rings. The van der Waals surface area contributed by atoms with Crippen LogP contribution in [0.2, 0.25) is 0 Å². The summed E-state index contributed by atoms with van der Waals surface area (Å²) in [5.74, 6) is 1.45. The molecule has 0 aliphatic carbocycles. The summed E-state index contributed by atoms with van der Waals surface area (Å²) in [4.78, 5) is 18.2. The Bertz CT molecular complexity index is 788. The number of nitrogens with zero attached hydrogens (tertiary/aromatic N) is 3. The summed E-state index contributed by atoms with van der Waals surface area (Å²) in [6.07, 6.45) is 4.32. The highest BCUT2D eigenvalue weighted by molar-refractivity contribution is 7.99. The molecule has 2 aliphatic heterocycles. The van der Waals surface area contributed by atoms with E-state index in [2.05, 4.69) is 11.8 Å². The molecule has 3 heterocycles. The van der Waals surface area contributed by atoms with Gasteiger partial charge in [0.1, 0.15) is 9.77 Å². The van der Waals surface area contributed by atoms with Gasteiger partial charge < -0.3 is 9.64 Å². The fourth-order valence-electron chi connectivity index (χ4n) is 3.86. The van der Waals surface area contributed by atoms with E-state index in [1.165, 1.54) is 15.6 Å². The van der Waals surface area contributed by atoms with Crippen molar-refractivity contribution in [2.24, 2.45) is 0 Å². The smallest absolute Gasteiger partial charge is 0.265 e. The summed E-state index contributed by atoms with van der Waals surface area (Å²) in [5, 5.41) is 1.73. The lowest BCUT2D eigenvalue weighted by molar-refractivity contribution is 0.0324. The van der Waals surface area contributed by atoms with Crippen LogP contribution in [0.4, 0.5) is 0 Å². The highest BCUT2D eigenvalue weighted by Crippen LogP contribution is 2.28. The lowest BCUT2D eigenvalue weighted by atomic mass is 10.2. The first kappa shape index (κ1) is 25.0. The van der Waals surface area contributed by atoms with Gasteiger partial charge in [0.05, 0.1) is 13.2 Å². The number of morpholine rings is 1. The monoisotopic (exact) mass is 489 g/mol. The minimum Gasteiger partial charge on any atom is -0.379 e. The number of thioether (sulfide) groups is 1. The lowest BCUT2D eigenvalue weighted by Gasteiger charge is -2.30. The van der Waals surface area contributed by atoms with Gasteiger partial charge in [0, 0.05) is 57.3 Å². The molecule has 7 nitrogen and oxygen atoms in total. The third-order valence-electron chi connectivity index (χ3n) is 5.77. The quantitative estimate of drug-likeness (QED) is 0.445. The highest BCUT2D eigenvalue weighted by Gasteiger charge is 2.32. The van der Waals surface area contributed by atoms with E-state index in [4.69, 9.17) is 4.74 Å². The van der Waals surface area contributed by atoms with Crippen LogP contribution in [0.1, 0.15) is 42.3 Å². The predicted molar refractivity (Wildman–Crippen MR) is 128 cm³/mol. The first-order chi connectivity index (χ1) is 15.0. The lowest BCUT2D eigenvalue weighted by Crippen LogP contribution is -2.43. The van der Waals surface area contributed by atoms with Gasteiger partial charge in [0.2, 0.25) is 10.0 Å². The number of carbonyl (C=O) groups is 1. The Balaban J connectivity index is 1.72. The Morgan fingerprint density at radius 3 is 2.55 bits per heavy atom.